The second kappa shape index (κ2) is 6.01. The molecule has 3 heterocycles. The Morgan fingerprint density at radius 3 is 2.92 bits per heavy atom. The van der Waals surface area contributed by atoms with E-state index < -0.39 is 5.82 Å². The molecule has 2 aliphatic heterocycles. The quantitative estimate of drug-likeness (QED) is 0.792. The first-order valence-corrected chi connectivity index (χ1v) is 8.74. The molecule has 4 rings (SSSR count). The van der Waals surface area contributed by atoms with E-state index in [9.17, 15) is 4.39 Å². The third kappa shape index (κ3) is 2.48. The van der Waals surface area contributed by atoms with Gasteiger partial charge in [0.15, 0.2) is 17.1 Å². The predicted molar refractivity (Wildman–Crippen MR) is 94.0 cm³/mol. The first kappa shape index (κ1) is 15.8. The Balaban J connectivity index is 1.86. The lowest BCUT2D eigenvalue weighted by Gasteiger charge is -2.38. The third-order valence-corrected chi connectivity index (χ3v) is 5.42. The standard InChI is InChI=1S/C17H21ClFN5/c1-20-16-17(24-7-6-23-5-3-4-12(23)10-24)21-15-13(19)8-11(18)9-14(15)22(16)2/h8-9,12H,3-7,10H2,1-2H3. The molecule has 7 heteroatoms. The van der Waals surface area contributed by atoms with Gasteiger partial charge in [0.25, 0.3) is 0 Å². The zero-order valence-corrected chi connectivity index (χ0v) is 14.7. The molecule has 1 unspecified atom stereocenters. The average Bonchev–Trinajstić information content (AvgIpc) is 3.03. The van der Waals surface area contributed by atoms with Crippen LogP contribution in [0, 0.1) is 5.82 Å². The number of halogens is 2. The van der Waals surface area contributed by atoms with Gasteiger partial charge in [0, 0.05) is 44.8 Å². The highest BCUT2D eigenvalue weighted by molar-refractivity contribution is 6.31. The van der Waals surface area contributed by atoms with E-state index in [2.05, 4.69) is 19.8 Å². The summed E-state index contributed by atoms with van der Waals surface area (Å²) >= 11 is 6.01. The monoisotopic (exact) mass is 349 g/mol. The minimum Gasteiger partial charge on any atom is -0.351 e. The van der Waals surface area contributed by atoms with Crippen molar-refractivity contribution in [2.75, 3.05) is 38.1 Å². The van der Waals surface area contributed by atoms with E-state index in [0.29, 0.717) is 22.1 Å². The maximum atomic E-state index is 14.4. The maximum Gasteiger partial charge on any atom is 0.172 e. The van der Waals surface area contributed by atoms with Crippen LogP contribution in [0.1, 0.15) is 12.8 Å². The molecule has 0 radical (unpaired) electrons. The Morgan fingerprint density at radius 2 is 2.12 bits per heavy atom. The van der Waals surface area contributed by atoms with Gasteiger partial charge in [-0.1, -0.05) is 11.6 Å². The zero-order chi connectivity index (χ0) is 16.8. The summed E-state index contributed by atoms with van der Waals surface area (Å²) in [6.07, 6.45) is 2.48. The summed E-state index contributed by atoms with van der Waals surface area (Å²) in [5.74, 6) is 0.372. The number of aromatic nitrogens is 2. The Hall–Kier alpha value is -1.66. The van der Waals surface area contributed by atoms with Crippen LogP contribution in [0.3, 0.4) is 0 Å². The summed E-state index contributed by atoms with van der Waals surface area (Å²) < 4.78 is 16.3. The van der Waals surface area contributed by atoms with Crippen molar-refractivity contribution < 1.29 is 4.39 Å². The minimum absolute atomic E-state index is 0.346. The lowest BCUT2D eigenvalue weighted by Crippen LogP contribution is -2.52. The number of hydrogen-bond donors (Lipinski definition) is 0. The summed E-state index contributed by atoms with van der Waals surface area (Å²) in [5.41, 5.74) is 1.76. The first-order valence-electron chi connectivity index (χ1n) is 8.36. The molecule has 2 saturated heterocycles. The van der Waals surface area contributed by atoms with Gasteiger partial charge in [-0.2, -0.15) is 0 Å². The number of hydrogen-bond acceptors (Lipinski definition) is 4. The molecule has 0 N–H and O–H groups in total. The molecule has 0 amide bonds. The SMILES string of the molecule is CN=c1c(N2CCN3CCCC3C2)nc2c(F)cc(Cl)cc2n1C. The van der Waals surface area contributed by atoms with Crippen molar-refractivity contribution in [3.8, 4) is 0 Å². The van der Waals surface area contributed by atoms with Gasteiger partial charge in [0.2, 0.25) is 0 Å². The third-order valence-electron chi connectivity index (χ3n) is 5.20. The molecule has 0 saturated carbocycles. The topological polar surface area (TPSA) is 36.7 Å². The molecule has 0 bridgehead atoms. The van der Waals surface area contributed by atoms with Crippen LogP contribution in [0.2, 0.25) is 5.02 Å². The van der Waals surface area contributed by atoms with Crippen LogP contribution >= 0.6 is 11.6 Å². The molecule has 1 aromatic carbocycles. The summed E-state index contributed by atoms with van der Waals surface area (Å²) in [5, 5.41) is 0.367. The zero-order valence-electron chi connectivity index (χ0n) is 14.0. The van der Waals surface area contributed by atoms with Gasteiger partial charge in [-0.25, -0.2) is 9.37 Å². The molecule has 2 aliphatic rings. The normalized spacial score (nSPS) is 22.4. The fourth-order valence-corrected chi connectivity index (χ4v) is 4.18. The van der Waals surface area contributed by atoms with Gasteiger partial charge in [-0.15, -0.1) is 0 Å². The van der Waals surface area contributed by atoms with Crippen LogP contribution in [0.5, 0.6) is 0 Å². The summed E-state index contributed by atoms with van der Waals surface area (Å²) in [6, 6.07) is 3.62. The maximum absolute atomic E-state index is 14.4. The number of anilines is 1. The molecule has 0 aliphatic carbocycles. The average molecular weight is 350 g/mol. The fraction of sp³-hybridized carbons (Fsp3) is 0.529. The van der Waals surface area contributed by atoms with Crippen LogP contribution in [-0.4, -0.2) is 53.7 Å². The van der Waals surface area contributed by atoms with Crippen molar-refractivity contribution in [1.29, 1.82) is 0 Å². The lowest BCUT2D eigenvalue weighted by atomic mass is 10.1. The van der Waals surface area contributed by atoms with Crippen molar-refractivity contribution in [3.63, 3.8) is 0 Å². The van der Waals surface area contributed by atoms with E-state index in [0.717, 1.165) is 30.9 Å². The Morgan fingerprint density at radius 1 is 1.29 bits per heavy atom. The highest BCUT2D eigenvalue weighted by Crippen LogP contribution is 2.26. The van der Waals surface area contributed by atoms with Crippen molar-refractivity contribution in [2.45, 2.75) is 18.9 Å². The number of aryl methyl sites for hydroxylation is 1. The van der Waals surface area contributed by atoms with Gasteiger partial charge in [0.1, 0.15) is 5.52 Å². The fourth-order valence-electron chi connectivity index (χ4n) is 3.98. The van der Waals surface area contributed by atoms with Gasteiger partial charge in [-0.05, 0) is 31.5 Å². The molecule has 2 fully saturated rings. The summed E-state index contributed by atoms with van der Waals surface area (Å²) in [4.78, 5) is 13.9. The molecule has 5 nitrogen and oxygen atoms in total. The molecule has 24 heavy (non-hydrogen) atoms. The van der Waals surface area contributed by atoms with Crippen molar-refractivity contribution >= 4 is 28.5 Å². The predicted octanol–water partition coefficient (Wildman–Crippen LogP) is 2.18. The van der Waals surface area contributed by atoms with Gasteiger partial charge in [0.05, 0.1) is 5.52 Å². The Kier molecular flexibility index (Phi) is 3.96. The highest BCUT2D eigenvalue weighted by Gasteiger charge is 2.32. The number of fused-ring (bicyclic) bond motifs is 2. The van der Waals surface area contributed by atoms with Crippen molar-refractivity contribution in [2.24, 2.45) is 12.0 Å². The van der Waals surface area contributed by atoms with E-state index in [4.69, 9.17) is 11.6 Å². The van der Waals surface area contributed by atoms with E-state index in [1.807, 2.05) is 11.6 Å². The smallest absolute Gasteiger partial charge is 0.172 e. The van der Waals surface area contributed by atoms with Crippen LogP contribution in [-0.2, 0) is 7.05 Å². The number of piperazine rings is 1. The van der Waals surface area contributed by atoms with Gasteiger partial charge < -0.3 is 9.47 Å². The van der Waals surface area contributed by atoms with Crippen molar-refractivity contribution in [1.82, 2.24) is 14.5 Å². The first-order chi connectivity index (χ1) is 11.6. The molecular weight excluding hydrogens is 329 g/mol. The van der Waals surface area contributed by atoms with Gasteiger partial charge in [-0.3, -0.25) is 9.89 Å². The largest absolute Gasteiger partial charge is 0.351 e. The molecule has 128 valence electrons. The summed E-state index contributed by atoms with van der Waals surface area (Å²) in [7, 11) is 3.64. The Bertz CT molecular complexity index is 862. The van der Waals surface area contributed by atoms with Crippen LogP contribution in [0.4, 0.5) is 10.2 Å². The van der Waals surface area contributed by atoms with Gasteiger partial charge >= 0.3 is 0 Å². The second-order valence-electron chi connectivity index (χ2n) is 6.58. The second-order valence-corrected chi connectivity index (χ2v) is 7.01. The lowest BCUT2D eigenvalue weighted by molar-refractivity contribution is 0.230. The van der Waals surface area contributed by atoms with Crippen LogP contribution in [0.25, 0.3) is 11.0 Å². The number of nitrogens with zero attached hydrogens (tertiary/aromatic N) is 5. The van der Waals surface area contributed by atoms with Crippen molar-refractivity contribution in [3.05, 3.63) is 28.5 Å². The summed E-state index contributed by atoms with van der Waals surface area (Å²) in [6.45, 7) is 4.04. The number of benzene rings is 1. The van der Waals surface area contributed by atoms with E-state index in [1.54, 1.807) is 13.1 Å². The molecule has 2 aromatic rings. The number of rotatable bonds is 1. The minimum atomic E-state index is -0.392. The van der Waals surface area contributed by atoms with E-state index in [-0.39, 0.29) is 0 Å². The Labute approximate surface area is 145 Å². The highest BCUT2D eigenvalue weighted by atomic mass is 35.5. The molecule has 1 atom stereocenters. The van der Waals surface area contributed by atoms with E-state index in [1.165, 1.54) is 25.5 Å². The van der Waals surface area contributed by atoms with E-state index >= 15 is 0 Å². The molecular formula is C17H21ClFN5. The van der Waals surface area contributed by atoms with Crippen LogP contribution < -0.4 is 10.4 Å². The molecule has 0 spiro atoms. The van der Waals surface area contributed by atoms with Crippen LogP contribution in [0.15, 0.2) is 17.1 Å². The molecule has 1 aromatic heterocycles.